The molecule has 0 heterocycles. The SMILES string of the molecule is CC/C=C\C/C=C\C/C=C\C/C=C\C/C=C\CCCCCCCCCCCCCCCCCCCCCC(=O)OCC(O)COP(=O)(O)OCC(O)COP(=O)(O)OCC(COC(=O)CCCCCCCCCCCCCCC/C=C\C/C=C\C/C=C\C/C=C\C/C=C\CC)OC(=O)CCCCCCC/C=C\C/C=C\C/C=C\C/C=C\CCCCC. The van der Waals surface area contributed by atoms with Gasteiger partial charge in [0.1, 0.15) is 25.4 Å². The van der Waals surface area contributed by atoms with E-state index in [2.05, 4.69) is 191 Å². The van der Waals surface area contributed by atoms with Crippen molar-refractivity contribution in [1.82, 2.24) is 0 Å². The number of carbonyl (C=O) groups excluding carboxylic acids is 3. The predicted octanol–water partition coefficient (Wildman–Crippen LogP) is 30.2. The number of rotatable bonds is 91. The molecule has 0 aliphatic heterocycles. The van der Waals surface area contributed by atoms with Crippen molar-refractivity contribution < 1.29 is 75.8 Å². The van der Waals surface area contributed by atoms with Crippen molar-refractivity contribution in [3.8, 4) is 0 Å². The fourth-order valence-corrected chi connectivity index (χ4v) is 14.7. The summed E-state index contributed by atoms with van der Waals surface area (Å²) in [5, 5.41) is 20.8. The molecule has 0 saturated heterocycles. The molecule has 0 aliphatic carbocycles. The molecule has 0 radical (unpaired) electrons. The standard InChI is InChI=1S/C103H176O16P2/c1-4-7-10-13-16-19-22-25-28-31-34-37-39-41-43-45-46-47-48-49-50-52-54-55-57-60-62-65-68-71-74-77-80-83-86-89-101(106)113-92-98(104)93-115-120(109,110)116-94-99(105)95-117-121(111,112)118-97-100(119-103(108)91-88-85-82-79-76-73-70-67-64-59-36-33-30-27-24-21-18-15-12-9-6-3)96-114-102(107)90-87-84-81-78-75-72-69-66-63-61-58-56-53-51-44-42-40-38-35-32-29-26-23-20-17-14-11-8-5-2/h7-8,10-11,16-21,25-30,34-38,41-44,59,67,70,98-100,104-105H,4-6,9,12-15,22-24,31-33,39-40,45-58,60-66,68-69,71-97H2,1-3H3,(H,109,110)(H,111,112)/b10-7-,11-8-,19-16-,20-17-,21-18-,28-25-,29-26-,30-27-,37-34-,38-35-,43-41-,44-42-,59-36-,70-67-. The lowest BCUT2D eigenvalue weighted by Gasteiger charge is -2.21. The Labute approximate surface area is 739 Å². The number of aliphatic hydroxyl groups is 2. The number of allylic oxidation sites excluding steroid dienone is 28. The van der Waals surface area contributed by atoms with Crippen LogP contribution in [0.15, 0.2) is 170 Å². The van der Waals surface area contributed by atoms with Crippen molar-refractivity contribution in [2.75, 3.05) is 39.6 Å². The van der Waals surface area contributed by atoms with Gasteiger partial charge in [0, 0.05) is 19.3 Å². The van der Waals surface area contributed by atoms with Crippen LogP contribution in [0.1, 0.15) is 406 Å². The number of phosphoric ester groups is 2. The molecule has 694 valence electrons. The maximum absolute atomic E-state index is 13.1. The van der Waals surface area contributed by atoms with Crippen molar-refractivity contribution in [2.45, 2.75) is 424 Å². The summed E-state index contributed by atoms with van der Waals surface area (Å²) in [6, 6.07) is 0. The molecule has 0 saturated carbocycles. The molecule has 4 N–H and O–H groups in total. The van der Waals surface area contributed by atoms with Crippen LogP contribution < -0.4 is 0 Å². The molecule has 0 bridgehead atoms. The van der Waals surface area contributed by atoms with Gasteiger partial charge in [-0.05, 0) is 154 Å². The summed E-state index contributed by atoms with van der Waals surface area (Å²) in [7, 11) is -9.82. The second-order valence-electron chi connectivity index (χ2n) is 32.1. The highest BCUT2D eigenvalue weighted by Gasteiger charge is 2.30. The van der Waals surface area contributed by atoms with Gasteiger partial charge in [0.2, 0.25) is 0 Å². The Morgan fingerprint density at radius 3 is 0.694 bits per heavy atom. The number of phosphoric acid groups is 2. The minimum absolute atomic E-state index is 0.0803. The van der Waals surface area contributed by atoms with E-state index < -0.39 is 91.5 Å². The molecular formula is C103H176O16P2. The smallest absolute Gasteiger partial charge is 0.463 e. The van der Waals surface area contributed by atoms with Crippen LogP contribution in [0.2, 0.25) is 0 Å². The monoisotopic (exact) mass is 1730 g/mol. The molecule has 0 fully saturated rings. The van der Waals surface area contributed by atoms with Gasteiger partial charge in [0.15, 0.2) is 6.10 Å². The quantitative estimate of drug-likeness (QED) is 0.0146. The molecule has 121 heavy (non-hydrogen) atoms. The van der Waals surface area contributed by atoms with Crippen molar-refractivity contribution in [3.63, 3.8) is 0 Å². The second kappa shape index (κ2) is 94.1. The van der Waals surface area contributed by atoms with E-state index >= 15 is 0 Å². The number of ether oxygens (including phenoxy) is 3. The first-order valence-corrected chi connectivity index (χ1v) is 51.4. The Balaban J connectivity index is 4.54. The van der Waals surface area contributed by atoms with Gasteiger partial charge in [0.25, 0.3) is 0 Å². The van der Waals surface area contributed by atoms with Crippen molar-refractivity contribution in [1.29, 1.82) is 0 Å². The van der Waals surface area contributed by atoms with E-state index in [4.69, 9.17) is 32.3 Å². The zero-order chi connectivity index (χ0) is 87.9. The van der Waals surface area contributed by atoms with E-state index in [0.717, 1.165) is 173 Å². The third kappa shape index (κ3) is 95.4. The van der Waals surface area contributed by atoms with E-state index in [0.29, 0.717) is 19.3 Å². The summed E-state index contributed by atoms with van der Waals surface area (Å²) < 4.78 is 61.5. The van der Waals surface area contributed by atoms with Crippen molar-refractivity contribution in [2.24, 2.45) is 0 Å². The van der Waals surface area contributed by atoms with Gasteiger partial charge < -0.3 is 34.2 Å². The van der Waals surface area contributed by atoms with Crippen LogP contribution in [0.3, 0.4) is 0 Å². The number of hydrogen-bond donors (Lipinski definition) is 4. The molecule has 0 rings (SSSR count). The van der Waals surface area contributed by atoms with Gasteiger partial charge in [-0.25, -0.2) is 9.13 Å². The van der Waals surface area contributed by atoms with Gasteiger partial charge in [0.05, 0.1) is 26.4 Å². The normalized spacial score (nSPS) is 14.5. The van der Waals surface area contributed by atoms with E-state index in [1.807, 2.05) is 0 Å². The van der Waals surface area contributed by atoms with Gasteiger partial charge >= 0.3 is 33.6 Å². The molecule has 5 unspecified atom stereocenters. The lowest BCUT2D eigenvalue weighted by molar-refractivity contribution is -0.161. The van der Waals surface area contributed by atoms with E-state index in [-0.39, 0.29) is 19.3 Å². The Kier molecular flexibility index (Phi) is 90.1. The molecule has 18 heteroatoms. The first kappa shape index (κ1) is 116. The summed E-state index contributed by atoms with van der Waals surface area (Å²) in [6.07, 6.45) is 123. The Morgan fingerprint density at radius 2 is 0.438 bits per heavy atom. The highest BCUT2D eigenvalue weighted by molar-refractivity contribution is 7.47. The molecule has 16 nitrogen and oxygen atoms in total. The fraction of sp³-hybridized carbons (Fsp3) is 0.699. The molecule has 0 aromatic heterocycles. The molecule has 0 aromatic rings. The molecule has 0 aliphatic rings. The lowest BCUT2D eigenvalue weighted by atomic mass is 10.0. The van der Waals surface area contributed by atoms with Gasteiger partial charge in [-0.15, -0.1) is 0 Å². The summed E-state index contributed by atoms with van der Waals surface area (Å²) in [4.78, 5) is 59.1. The highest BCUT2D eigenvalue weighted by atomic mass is 31.2. The first-order valence-electron chi connectivity index (χ1n) is 48.4. The average molecular weight is 1730 g/mol. The fourth-order valence-electron chi connectivity index (χ4n) is 13.1. The number of aliphatic hydroxyl groups excluding tert-OH is 2. The number of hydrogen-bond acceptors (Lipinski definition) is 14. The predicted molar refractivity (Wildman–Crippen MR) is 509 cm³/mol. The third-order valence-corrected chi connectivity index (χ3v) is 22.3. The van der Waals surface area contributed by atoms with E-state index in [1.165, 1.54) is 173 Å². The van der Waals surface area contributed by atoms with Gasteiger partial charge in [-0.3, -0.25) is 32.5 Å². The molecule has 5 atom stereocenters. The topological polar surface area (TPSA) is 231 Å². The largest absolute Gasteiger partial charge is 0.472 e. The number of esters is 3. The third-order valence-electron chi connectivity index (χ3n) is 20.4. The summed E-state index contributed by atoms with van der Waals surface area (Å²) in [6.45, 7) is 2.46. The average Bonchev–Trinajstić information content (AvgIpc) is 0.879. The maximum Gasteiger partial charge on any atom is 0.472 e. The Morgan fingerprint density at radius 1 is 0.240 bits per heavy atom. The second-order valence-corrected chi connectivity index (χ2v) is 35.0. The van der Waals surface area contributed by atoms with E-state index in [9.17, 15) is 43.5 Å². The summed E-state index contributed by atoms with van der Waals surface area (Å²) in [5.74, 6) is -1.59. The number of carbonyl (C=O) groups is 3. The van der Waals surface area contributed by atoms with Crippen LogP contribution in [0.5, 0.6) is 0 Å². The Bertz CT molecular complexity index is 2880. The zero-order valence-electron chi connectivity index (χ0n) is 76.6. The molecular weight excluding hydrogens is 1560 g/mol. The zero-order valence-corrected chi connectivity index (χ0v) is 78.4. The lowest BCUT2D eigenvalue weighted by Crippen LogP contribution is -2.30. The van der Waals surface area contributed by atoms with Gasteiger partial charge in [-0.2, -0.15) is 0 Å². The van der Waals surface area contributed by atoms with Crippen molar-refractivity contribution >= 4 is 33.6 Å². The van der Waals surface area contributed by atoms with Crippen LogP contribution in [0, 0.1) is 0 Å². The Hall–Kier alpha value is -5.09. The van der Waals surface area contributed by atoms with Crippen LogP contribution in [0.4, 0.5) is 0 Å². The van der Waals surface area contributed by atoms with E-state index in [1.54, 1.807) is 0 Å². The van der Waals surface area contributed by atoms with Crippen LogP contribution in [-0.4, -0.2) is 95.9 Å². The summed E-state index contributed by atoms with van der Waals surface area (Å²) >= 11 is 0. The van der Waals surface area contributed by atoms with Crippen LogP contribution >= 0.6 is 15.6 Å². The minimum atomic E-state index is -4.95. The highest BCUT2D eigenvalue weighted by Crippen LogP contribution is 2.45. The maximum atomic E-state index is 13.1. The van der Waals surface area contributed by atoms with Crippen LogP contribution in [0.25, 0.3) is 0 Å². The summed E-state index contributed by atoms with van der Waals surface area (Å²) in [5.41, 5.74) is 0. The van der Waals surface area contributed by atoms with Crippen LogP contribution in [-0.2, 0) is 55.8 Å². The number of unbranched alkanes of at least 4 members (excludes halogenated alkanes) is 40. The first-order chi connectivity index (χ1) is 59.2. The molecule has 0 aromatic carbocycles. The van der Waals surface area contributed by atoms with Crippen molar-refractivity contribution in [3.05, 3.63) is 170 Å². The van der Waals surface area contributed by atoms with Gasteiger partial charge in [-0.1, -0.05) is 403 Å². The molecule has 0 spiro atoms. The minimum Gasteiger partial charge on any atom is -0.463 e. The molecule has 0 amide bonds.